The number of hydrogen-bond donors (Lipinski definition) is 3. The molecule has 8 heteroatoms. The Balaban J connectivity index is 4.21. The largest absolute Gasteiger partial charge is 0.445 e. The van der Waals surface area contributed by atoms with Crippen molar-refractivity contribution in [1.82, 2.24) is 10.6 Å². The second kappa shape index (κ2) is 29.5. The first-order valence-electron chi connectivity index (χ1n) is 17.6. The number of likely N-dealkylation sites (N-methyl/N-ethyl adjacent to an activating group) is 1. The zero-order valence-corrected chi connectivity index (χ0v) is 28.2. The maximum absolute atomic E-state index is 12.5. The first kappa shape index (κ1) is 40.5. The minimum Gasteiger partial charge on any atom is -0.445 e. The number of aliphatic hydroxyl groups is 1. The number of unbranched alkanes of at least 4 members (excludes halogenated alkanes) is 18. The van der Waals surface area contributed by atoms with Crippen LogP contribution in [-0.4, -0.2) is 81.4 Å². The molecule has 0 aliphatic carbocycles. The third-order valence-corrected chi connectivity index (χ3v) is 7.89. The Hall–Kier alpha value is -1.54. The third kappa shape index (κ3) is 28.6. The Labute approximate surface area is 259 Å². The van der Waals surface area contributed by atoms with Gasteiger partial charge in [0.15, 0.2) is 6.10 Å². The van der Waals surface area contributed by atoms with Crippen LogP contribution in [0.5, 0.6) is 0 Å². The van der Waals surface area contributed by atoms with E-state index in [0.29, 0.717) is 30.5 Å². The second-order valence-electron chi connectivity index (χ2n) is 12.8. The number of hydrogen-bond acceptors (Lipinski definition) is 5. The summed E-state index contributed by atoms with van der Waals surface area (Å²) in [5.74, 6) is 0. The lowest BCUT2D eigenvalue weighted by Gasteiger charge is -2.32. The highest BCUT2D eigenvalue weighted by atomic mass is 16.6. The molecule has 0 saturated heterocycles. The van der Waals surface area contributed by atoms with Gasteiger partial charge in [-0.1, -0.05) is 129 Å². The molecule has 1 atom stereocenters. The Morgan fingerprint density at radius 3 is 1.45 bits per heavy atom. The van der Waals surface area contributed by atoms with Crippen molar-refractivity contribution in [2.45, 2.75) is 155 Å². The SMILES string of the molecule is CCCCCCCCCCCCNC(=O)OCC(C[N+](C)(C)CCCO)OC(=O)NCCCCCCCCCCCC. The zero-order chi connectivity index (χ0) is 31.2. The van der Waals surface area contributed by atoms with Crippen molar-refractivity contribution in [3.63, 3.8) is 0 Å². The number of nitrogens with one attached hydrogen (secondary N) is 2. The summed E-state index contributed by atoms with van der Waals surface area (Å²) in [4.78, 5) is 24.8. The molecule has 0 rings (SSSR count). The van der Waals surface area contributed by atoms with Crippen LogP contribution in [0.2, 0.25) is 0 Å². The monoisotopic (exact) mass is 601 g/mol. The number of rotatable bonds is 30. The van der Waals surface area contributed by atoms with Crippen LogP contribution >= 0.6 is 0 Å². The number of quaternary nitrogens is 1. The van der Waals surface area contributed by atoms with Gasteiger partial charge in [0, 0.05) is 26.1 Å². The van der Waals surface area contributed by atoms with E-state index >= 15 is 0 Å². The van der Waals surface area contributed by atoms with E-state index in [1.54, 1.807) is 0 Å². The highest BCUT2D eigenvalue weighted by Crippen LogP contribution is 2.12. The molecule has 0 aliphatic heterocycles. The average Bonchev–Trinajstić information content (AvgIpc) is 2.96. The molecule has 0 aromatic heterocycles. The molecule has 0 saturated carbocycles. The van der Waals surface area contributed by atoms with E-state index in [-0.39, 0.29) is 13.2 Å². The van der Waals surface area contributed by atoms with Gasteiger partial charge in [-0.3, -0.25) is 0 Å². The number of aliphatic hydroxyl groups excluding tert-OH is 1. The van der Waals surface area contributed by atoms with E-state index in [0.717, 1.165) is 32.2 Å². The summed E-state index contributed by atoms with van der Waals surface area (Å²) in [6, 6.07) is 0. The van der Waals surface area contributed by atoms with Gasteiger partial charge in [-0.05, 0) is 12.8 Å². The molecule has 0 radical (unpaired) electrons. The van der Waals surface area contributed by atoms with Gasteiger partial charge in [0.25, 0.3) is 0 Å². The summed E-state index contributed by atoms with van der Waals surface area (Å²) in [7, 11) is 4.05. The van der Waals surface area contributed by atoms with E-state index in [4.69, 9.17) is 9.47 Å². The summed E-state index contributed by atoms with van der Waals surface area (Å²) < 4.78 is 11.7. The summed E-state index contributed by atoms with van der Waals surface area (Å²) in [6.07, 6.45) is 24.2. The molecule has 0 fully saturated rings. The van der Waals surface area contributed by atoms with Crippen LogP contribution in [0, 0.1) is 0 Å². The summed E-state index contributed by atoms with van der Waals surface area (Å²) >= 11 is 0. The van der Waals surface area contributed by atoms with Crippen LogP contribution in [-0.2, 0) is 9.47 Å². The fourth-order valence-corrected chi connectivity index (χ4v) is 5.28. The van der Waals surface area contributed by atoms with Crippen molar-refractivity contribution >= 4 is 12.2 Å². The molecule has 0 heterocycles. The zero-order valence-electron chi connectivity index (χ0n) is 28.2. The van der Waals surface area contributed by atoms with Crippen LogP contribution in [0.25, 0.3) is 0 Å². The first-order chi connectivity index (χ1) is 20.3. The Morgan fingerprint density at radius 2 is 1.02 bits per heavy atom. The molecule has 250 valence electrons. The lowest BCUT2D eigenvalue weighted by Crippen LogP contribution is -2.49. The number of carbonyl (C=O) groups is 2. The van der Waals surface area contributed by atoms with Gasteiger partial charge in [-0.25, -0.2) is 9.59 Å². The first-order valence-corrected chi connectivity index (χ1v) is 17.6. The third-order valence-electron chi connectivity index (χ3n) is 7.89. The summed E-state index contributed by atoms with van der Waals surface area (Å²) in [5.41, 5.74) is 0. The molecule has 8 nitrogen and oxygen atoms in total. The Morgan fingerprint density at radius 1 is 0.619 bits per heavy atom. The van der Waals surface area contributed by atoms with Gasteiger partial charge in [0.2, 0.25) is 0 Å². The van der Waals surface area contributed by atoms with Gasteiger partial charge in [-0.15, -0.1) is 0 Å². The smallest absolute Gasteiger partial charge is 0.407 e. The lowest BCUT2D eigenvalue weighted by atomic mass is 10.1. The highest BCUT2D eigenvalue weighted by Gasteiger charge is 2.26. The molecular weight excluding hydrogens is 530 g/mol. The molecule has 0 aromatic rings. The van der Waals surface area contributed by atoms with Crippen LogP contribution in [0.15, 0.2) is 0 Å². The number of ether oxygens (including phenoxy) is 2. The number of nitrogens with zero attached hydrogens (tertiary/aromatic N) is 1. The van der Waals surface area contributed by atoms with Crippen LogP contribution in [0.3, 0.4) is 0 Å². The maximum Gasteiger partial charge on any atom is 0.407 e. The minimum absolute atomic E-state index is 0.0103. The van der Waals surface area contributed by atoms with Crippen molar-refractivity contribution in [2.24, 2.45) is 0 Å². The molecule has 3 N–H and O–H groups in total. The minimum atomic E-state index is -0.561. The molecular formula is C34H70N3O5+. The van der Waals surface area contributed by atoms with Gasteiger partial charge >= 0.3 is 12.2 Å². The highest BCUT2D eigenvalue weighted by molar-refractivity contribution is 5.68. The van der Waals surface area contributed by atoms with Crippen LogP contribution in [0.1, 0.15) is 149 Å². The van der Waals surface area contributed by atoms with Crippen molar-refractivity contribution in [3.8, 4) is 0 Å². The topological polar surface area (TPSA) is 96.9 Å². The molecule has 2 amide bonds. The van der Waals surface area contributed by atoms with E-state index in [1.807, 2.05) is 14.1 Å². The van der Waals surface area contributed by atoms with Gasteiger partial charge in [0.05, 0.1) is 20.6 Å². The van der Waals surface area contributed by atoms with Gasteiger partial charge in [0.1, 0.15) is 13.2 Å². The van der Waals surface area contributed by atoms with E-state index in [9.17, 15) is 14.7 Å². The quantitative estimate of drug-likeness (QED) is 0.0572. The average molecular weight is 601 g/mol. The van der Waals surface area contributed by atoms with Crippen LogP contribution in [0.4, 0.5) is 9.59 Å². The van der Waals surface area contributed by atoms with Crippen molar-refractivity contribution in [3.05, 3.63) is 0 Å². The predicted molar refractivity (Wildman–Crippen MR) is 175 cm³/mol. The second-order valence-corrected chi connectivity index (χ2v) is 12.8. The molecule has 1 unspecified atom stereocenters. The molecule has 0 aromatic carbocycles. The van der Waals surface area contributed by atoms with Crippen LogP contribution < -0.4 is 10.6 Å². The fraction of sp³-hybridized carbons (Fsp3) is 0.941. The fourth-order valence-electron chi connectivity index (χ4n) is 5.28. The number of carbonyl (C=O) groups excluding carboxylic acids is 2. The van der Waals surface area contributed by atoms with E-state index in [2.05, 4.69) is 24.5 Å². The van der Waals surface area contributed by atoms with Crippen molar-refractivity contribution < 1.29 is 28.7 Å². The van der Waals surface area contributed by atoms with E-state index in [1.165, 1.54) is 103 Å². The lowest BCUT2D eigenvalue weighted by molar-refractivity contribution is -0.893. The molecule has 0 spiro atoms. The van der Waals surface area contributed by atoms with E-state index < -0.39 is 18.3 Å². The predicted octanol–water partition coefficient (Wildman–Crippen LogP) is 8.11. The Bertz CT molecular complexity index is 618. The molecule has 0 aliphatic rings. The molecule has 0 bridgehead atoms. The summed E-state index contributed by atoms with van der Waals surface area (Å²) in [5, 5.41) is 14.9. The molecule has 42 heavy (non-hydrogen) atoms. The van der Waals surface area contributed by atoms with Crippen molar-refractivity contribution in [1.29, 1.82) is 0 Å². The van der Waals surface area contributed by atoms with Gasteiger partial charge in [-0.2, -0.15) is 0 Å². The number of amides is 2. The standard InChI is InChI=1S/C34H69N3O5/c1-5-7-9-11-13-15-17-19-21-23-26-35-33(39)41-31-32(30-37(3,4)28-25-29-38)42-34(40)36-27-24-22-20-18-16-14-12-10-8-6-2/h32,38H,5-31H2,1-4H3,(H-,35,36,39,40)/p+1. The van der Waals surface area contributed by atoms with Crippen molar-refractivity contribution in [2.75, 3.05) is 53.5 Å². The Kier molecular flexibility index (Phi) is 28.4. The normalized spacial score (nSPS) is 12.2. The summed E-state index contributed by atoms with van der Waals surface area (Å²) in [6.45, 7) is 7.04. The number of alkyl carbamates (subject to hydrolysis) is 2. The maximum atomic E-state index is 12.5. The van der Waals surface area contributed by atoms with Gasteiger partial charge < -0.3 is 29.7 Å².